The minimum atomic E-state index is -0.154. The molecule has 0 atom stereocenters. The lowest BCUT2D eigenvalue weighted by Gasteiger charge is -2.24. The van der Waals surface area contributed by atoms with Crippen LogP contribution in [0.2, 0.25) is 0 Å². The fourth-order valence-electron chi connectivity index (χ4n) is 1.46. The van der Waals surface area contributed by atoms with Gasteiger partial charge in [0.2, 0.25) is 0 Å². The van der Waals surface area contributed by atoms with Crippen molar-refractivity contribution < 1.29 is 9.53 Å². The lowest BCUT2D eigenvalue weighted by atomic mass is 9.86. The number of carbonyl (C=O) groups is 1. The highest BCUT2D eigenvalue weighted by Gasteiger charge is 2.19. The van der Waals surface area contributed by atoms with Gasteiger partial charge in [-0.05, 0) is 18.8 Å². The van der Waals surface area contributed by atoms with Gasteiger partial charge < -0.3 is 4.74 Å². The molecule has 1 N–H and O–H groups in total. The summed E-state index contributed by atoms with van der Waals surface area (Å²) in [5.41, 5.74) is 0.878. The Morgan fingerprint density at radius 3 is 3.07 bits per heavy atom. The molecule has 1 saturated carbocycles. The van der Waals surface area contributed by atoms with Crippen molar-refractivity contribution in [3.63, 3.8) is 0 Å². The van der Waals surface area contributed by atoms with E-state index in [-0.39, 0.29) is 5.97 Å². The number of esters is 1. The first-order valence-electron chi connectivity index (χ1n) is 4.98. The smallest absolute Gasteiger partial charge is 0.310 e. The van der Waals surface area contributed by atoms with Crippen LogP contribution < -0.4 is 0 Å². The monoisotopic (exact) mass is 194 g/mol. The van der Waals surface area contributed by atoms with Gasteiger partial charge in [-0.3, -0.25) is 9.89 Å². The molecule has 1 aliphatic carbocycles. The molecular formula is C10H14N2O2. The second-order valence-electron chi connectivity index (χ2n) is 3.76. The van der Waals surface area contributed by atoms with Crippen LogP contribution in [-0.4, -0.2) is 22.8 Å². The van der Waals surface area contributed by atoms with Crippen molar-refractivity contribution in [1.82, 2.24) is 10.2 Å². The van der Waals surface area contributed by atoms with Crippen molar-refractivity contribution in [3.05, 3.63) is 18.0 Å². The summed E-state index contributed by atoms with van der Waals surface area (Å²) >= 11 is 0. The van der Waals surface area contributed by atoms with E-state index in [9.17, 15) is 4.79 Å². The van der Waals surface area contributed by atoms with E-state index < -0.39 is 0 Å². The van der Waals surface area contributed by atoms with Crippen LogP contribution in [0.3, 0.4) is 0 Å². The van der Waals surface area contributed by atoms with E-state index in [0.717, 1.165) is 5.56 Å². The SMILES string of the molecule is O=C(Cc1cn[nH]c1)OCC1CCC1. The molecule has 2 rings (SSSR count). The Hall–Kier alpha value is -1.32. The van der Waals surface area contributed by atoms with E-state index in [1.165, 1.54) is 19.3 Å². The maximum absolute atomic E-state index is 11.3. The summed E-state index contributed by atoms with van der Waals surface area (Å²) in [5, 5.41) is 6.43. The lowest BCUT2D eigenvalue weighted by molar-refractivity contribution is -0.145. The number of ether oxygens (including phenoxy) is 1. The van der Waals surface area contributed by atoms with Crippen LogP contribution in [0, 0.1) is 5.92 Å². The first-order valence-corrected chi connectivity index (χ1v) is 4.98. The van der Waals surface area contributed by atoms with Gasteiger partial charge in [0.1, 0.15) is 0 Å². The molecule has 0 amide bonds. The van der Waals surface area contributed by atoms with Crippen molar-refractivity contribution in [2.45, 2.75) is 25.7 Å². The summed E-state index contributed by atoms with van der Waals surface area (Å²) in [5.74, 6) is 0.460. The van der Waals surface area contributed by atoms with Crippen LogP contribution in [0.4, 0.5) is 0 Å². The number of hydrogen-bond donors (Lipinski definition) is 1. The second kappa shape index (κ2) is 4.26. The first-order chi connectivity index (χ1) is 6.84. The maximum atomic E-state index is 11.3. The van der Waals surface area contributed by atoms with E-state index in [0.29, 0.717) is 18.9 Å². The molecule has 76 valence electrons. The van der Waals surface area contributed by atoms with Gasteiger partial charge in [0.15, 0.2) is 0 Å². The number of aromatic amines is 1. The number of nitrogens with zero attached hydrogens (tertiary/aromatic N) is 1. The number of nitrogens with one attached hydrogen (secondary N) is 1. The van der Waals surface area contributed by atoms with Gasteiger partial charge in [0.05, 0.1) is 19.2 Å². The Bertz CT molecular complexity index is 291. The average Bonchev–Trinajstić information content (AvgIpc) is 2.54. The second-order valence-corrected chi connectivity index (χ2v) is 3.76. The molecular weight excluding hydrogens is 180 g/mol. The Morgan fingerprint density at radius 2 is 2.50 bits per heavy atom. The molecule has 1 fully saturated rings. The highest BCUT2D eigenvalue weighted by molar-refractivity contribution is 5.72. The molecule has 0 radical (unpaired) electrons. The first kappa shape index (κ1) is 9.24. The van der Waals surface area contributed by atoms with Gasteiger partial charge in [0, 0.05) is 11.8 Å². The Balaban J connectivity index is 1.68. The molecule has 0 aromatic carbocycles. The summed E-state index contributed by atoms with van der Waals surface area (Å²) in [6.07, 6.45) is 7.38. The van der Waals surface area contributed by atoms with Gasteiger partial charge in [-0.25, -0.2) is 0 Å². The summed E-state index contributed by atoms with van der Waals surface area (Å²) in [4.78, 5) is 11.3. The van der Waals surface area contributed by atoms with Crippen LogP contribution in [0.25, 0.3) is 0 Å². The summed E-state index contributed by atoms with van der Waals surface area (Å²) < 4.78 is 5.14. The molecule has 0 unspecified atom stereocenters. The Morgan fingerprint density at radius 1 is 1.64 bits per heavy atom. The van der Waals surface area contributed by atoms with E-state index >= 15 is 0 Å². The van der Waals surface area contributed by atoms with E-state index in [1.54, 1.807) is 12.4 Å². The number of H-pyrrole nitrogens is 1. The fourth-order valence-corrected chi connectivity index (χ4v) is 1.46. The standard InChI is InChI=1S/C10H14N2O2/c13-10(4-9-5-11-12-6-9)14-7-8-2-1-3-8/h5-6,8H,1-4,7H2,(H,11,12). The van der Waals surface area contributed by atoms with Gasteiger partial charge >= 0.3 is 5.97 Å². The summed E-state index contributed by atoms with van der Waals surface area (Å²) in [6.45, 7) is 0.594. The number of carbonyl (C=O) groups excluding carboxylic acids is 1. The molecule has 14 heavy (non-hydrogen) atoms. The predicted molar refractivity (Wildman–Crippen MR) is 50.6 cm³/mol. The topological polar surface area (TPSA) is 55.0 Å². The molecule has 0 saturated heterocycles. The third kappa shape index (κ3) is 2.34. The van der Waals surface area contributed by atoms with Crippen molar-refractivity contribution in [1.29, 1.82) is 0 Å². The maximum Gasteiger partial charge on any atom is 0.310 e. The number of rotatable bonds is 4. The zero-order valence-electron chi connectivity index (χ0n) is 8.03. The Kier molecular flexibility index (Phi) is 2.81. The quantitative estimate of drug-likeness (QED) is 0.735. The van der Waals surface area contributed by atoms with Crippen LogP contribution in [0.15, 0.2) is 12.4 Å². The molecule has 4 heteroatoms. The van der Waals surface area contributed by atoms with Crippen LogP contribution >= 0.6 is 0 Å². The molecule has 1 heterocycles. The minimum Gasteiger partial charge on any atom is -0.465 e. The third-order valence-corrected chi connectivity index (χ3v) is 2.61. The largest absolute Gasteiger partial charge is 0.465 e. The molecule has 0 bridgehead atoms. The van der Waals surface area contributed by atoms with Crippen molar-refractivity contribution in [2.75, 3.05) is 6.61 Å². The lowest BCUT2D eigenvalue weighted by Crippen LogP contribution is -2.20. The number of hydrogen-bond acceptors (Lipinski definition) is 3. The molecule has 0 aliphatic heterocycles. The highest BCUT2D eigenvalue weighted by Crippen LogP contribution is 2.26. The zero-order chi connectivity index (χ0) is 9.80. The normalized spacial score (nSPS) is 16.3. The molecule has 0 spiro atoms. The van der Waals surface area contributed by atoms with Gasteiger partial charge in [-0.1, -0.05) is 6.42 Å². The summed E-state index contributed by atoms with van der Waals surface area (Å²) in [7, 11) is 0. The highest BCUT2D eigenvalue weighted by atomic mass is 16.5. The molecule has 1 aromatic heterocycles. The zero-order valence-corrected chi connectivity index (χ0v) is 8.03. The van der Waals surface area contributed by atoms with Crippen molar-refractivity contribution >= 4 is 5.97 Å². The Labute approximate surface area is 82.7 Å². The van der Waals surface area contributed by atoms with Crippen LogP contribution in [0.5, 0.6) is 0 Å². The minimum absolute atomic E-state index is 0.154. The van der Waals surface area contributed by atoms with Gasteiger partial charge in [-0.2, -0.15) is 5.10 Å². The molecule has 4 nitrogen and oxygen atoms in total. The summed E-state index contributed by atoms with van der Waals surface area (Å²) in [6, 6.07) is 0. The van der Waals surface area contributed by atoms with Crippen LogP contribution in [-0.2, 0) is 16.0 Å². The molecule has 1 aliphatic rings. The number of aromatic nitrogens is 2. The van der Waals surface area contributed by atoms with Crippen LogP contribution in [0.1, 0.15) is 24.8 Å². The van der Waals surface area contributed by atoms with Crippen molar-refractivity contribution in [3.8, 4) is 0 Å². The van der Waals surface area contributed by atoms with E-state index in [1.807, 2.05) is 0 Å². The average molecular weight is 194 g/mol. The predicted octanol–water partition coefficient (Wildman–Crippen LogP) is 1.30. The molecule has 1 aromatic rings. The fraction of sp³-hybridized carbons (Fsp3) is 0.600. The van der Waals surface area contributed by atoms with E-state index in [2.05, 4.69) is 10.2 Å². The van der Waals surface area contributed by atoms with Crippen molar-refractivity contribution in [2.24, 2.45) is 5.92 Å². The van der Waals surface area contributed by atoms with Gasteiger partial charge in [-0.15, -0.1) is 0 Å². The van der Waals surface area contributed by atoms with Gasteiger partial charge in [0.25, 0.3) is 0 Å². The van der Waals surface area contributed by atoms with E-state index in [4.69, 9.17) is 4.74 Å². The third-order valence-electron chi connectivity index (χ3n) is 2.61.